The monoisotopic (exact) mass is 266 g/mol. The van der Waals surface area contributed by atoms with Gasteiger partial charge in [0.25, 0.3) is 5.91 Å². The number of carbonyl (C=O) groups is 1. The molecule has 1 aromatic rings. The van der Waals surface area contributed by atoms with Crippen molar-refractivity contribution in [1.29, 1.82) is 0 Å². The van der Waals surface area contributed by atoms with Crippen LogP contribution in [0.5, 0.6) is 11.5 Å². The number of para-hydroxylation sites is 1. The molecule has 1 rings (SSSR count). The molecule has 1 unspecified atom stereocenters. The Morgan fingerprint density at radius 2 is 2.11 bits per heavy atom. The summed E-state index contributed by atoms with van der Waals surface area (Å²) in [5.74, 6) is 0.807. The Morgan fingerprint density at radius 1 is 1.37 bits per heavy atom. The van der Waals surface area contributed by atoms with Crippen LogP contribution in [0.3, 0.4) is 0 Å². The third-order valence-corrected chi connectivity index (χ3v) is 2.97. The number of nitrogens with one attached hydrogen (secondary N) is 1. The van der Waals surface area contributed by atoms with Gasteiger partial charge in [-0.05, 0) is 25.0 Å². The highest BCUT2D eigenvalue weighted by atomic mass is 16.5. The normalized spacial score (nSPS) is 11.8. The van der Waals surface area contributed by atoms with E-state index in [1.165, 1.54) is 7.11 Å². The van der Waals surface area contributed by atoms with Gasteiger partial charge < -0.3 is 20.5 Å². The lowest BCUT2D eigenvalue weighted by atomic mass is 10.1. The maximum Gasteiger partial charge on any atom is 0.255 e. The fraction of sp³-hybridized carbons (Fsp3) is 0.500. The Balaban J connectivity index is 2.71. The molecular formula is C14H22N2O3. The van der Waals surface area contributed by atoms with Crippen molar-refractivity contribution in [3.63, 3.8) is 0 Å². The van der Waals surface area contributed by atoms with E-state index in [1.807, 2.05) is 6.92 Å². The molecule has 1 amide bonds. The van der Waals surface area contributed by atoms with E-state index < -0.39 is 0 Å². The number of nitrogens with two attached hydrogens (primary N) is 1. The van der Waals surface area contributed by atoms with Crippen molar-refractivity contribution in [2.45, 2.75) is 25.8 Å². The summed E-state index contributed by atoms with van der Waals surface area (Å²) in [6.45, 7) is 2.58. The lowest BCUT2D eigenvalue weighted by molar-refractivity contribution is 0.0949. The van der Waals surface area contributed by atoms with E-state index >= 15 is 0 Å². The summed E-state index contributed by atoms with van der Waals surface area (Å²) in [4.78, 5) is 12.1. The highest BCUT2D eigenvalue weighted by Gasteiger charge is 2.15. The van der Waals surface area contributed by atoms with Crippen LogP contribution in [0.4, 0.5) is 0 Å². The molecule has 0 aliphatic heterocycles. The molecule has 0 saturated heterocycles. The lowest BCUT2D eigenvalue weighted by Crippen LogP contribution is -2.30. The number of amides is 1. The zero-order chi connectivity index (χ0) is 14.3. The van der Waals surface area contributed by atoms with Crippen molar-refractivity contribution >= 4 is 5.91 Å². The SMILES string of the molecule is CCC(N)CCNC(=O)c1cccc(OC)c1OC. The smallest absolute Gasteiger partial charge is 0.255 e. The Labute approximate surface area is 114 Å². The van der Waals surface area contributed by atoms with Gasteiger partial charge in [-0.3, -0.25) is 4.79 Å². The number of hydrogen-bond acceptors (Lipinski definition) is 4. The van der Waals surface area contributed by atoms with Crippen LogP contribution in [0.2, 0.25) is 0 Å². The molecule has 5 nitrogen and oxygen atoms in total. The number of hydrogen-bond donors (Lipinski definition) is 2. The number of methoxy groups -OCH3 is 2. The van der Waals surface area contributed by atoms with Gasteiger partial charge in [0.05, 0.1) is 19.8 Å². The van der Waals surface area contributed by atoms with Crippen LogP contribution in [0.1, 0.15) is 30.1 Å². The van der Waals surface area contributed by atoms with E-state index in [-0.39, 0.29) is 11.9 Å². The van der Waals surface area contributed by atoms with E-state index in [0.29, 0.717) is 23.6 Å². The molecule has 0 bridgehead atoms. The Morgan fingerprint density at radius 3 is 2.68 bits per heavy atom. The molecule has 1 aromatic carbocycles. The van der Waals surface area contributed by atoms with Crippen molar-refractivity contribution in [1.82, 2.24) is 5.32 Å². The van der Waals surface area contributed by atoms with Crippen molar-refractivity contribution in [3.8, 4) is 11.5 Å². The van der Waals surface area contributed by atoms with Crippen LogP contribution in [0, 0.1) is 0 Å². The number of ether oxygens (including phenoxy) is 2. The summed E-state index contributed by atoms with van der Waals surface area (Å²) in [5.41, 5.74) is 6.27. The average molecular weight is 266 g/mol. The highest BCUT2D eigenvalue weighted by Crippen LogP contribution is 2.30. The van der Waals surface area contributed by atoms with Crippen molar-refractivity contribution in [2.75, 3.05) is 20.8 Å². The lowest BCUT2D eigenvalue weighted by Gasteiger charge is -2.13. The summed E-state index contributed by atoms with van der Waals surface area (Å²) in [7, 11) is 3.06. The van der Waals surface area contributed by atoms with E-state index in [1.54, 1.807) is 25.3 Å². The average Bonchev–Trinajstić information content (AvgIpc) is 2.45. The Hall–Kier alpha value is -1.75. The molecule has 3 N–H and O–H groups in total. The molecule has 5 heteroatoms. The number of rotatable bonds is 7. The molecule has 0 spiro atoms. The number of carbonyl (C=O) groups excluding carboxylic acids is 1. The van der Waals surface area contributed by atoms with E-state index in [4.69, 9.17) is 15.2 Å². The van der Waals surface area contributed by atoms with Gasteiger partial charge in [-0.1, -0.05) is 13.0 Å². The molecule has 0 saturated carbocycles. The van der Waals surface area contributed by atoms with Gasteiger partial charge in [0.1, 0.15) is 0 Å². The van der Waals surface area contributed by atoms with Crippen LogP contribution in [-0.2, 0) is 0 Å². The maximum atomic E-state index is 12.1. The van der Waals surface area contributed by atoms with Crippen LogP contribution in [0.25, 0.3) is 0 Å². The summed E-state index contributed by atoms with van der Waals surface area (Å²) in [6, 6.07) is 5.33. The molecule has 0 aliphatic rings. The quantitative estimate of drug-likeness (QED) is 0.785. The van der Waals surface area contributed by atoms with Gasteiger partial charge in [0.15, 0.2) is 11.5 Å². The third-order valence-electron chi connectivity index (χ3n) is 2.97. The van der Waals surface area contributed by atoms with Gasteiger partial charge in [0.2, 0.25) is 0 Å². The van der Waals surface area contributed by atoms with Crippen molar-refractivity contribution in [2.24, 2.45) is 5.73 Å². The minimum atomic E-state index is -0.181. The molecular weight excluding hydrogens is 244 g/mol. The summed E-state index contributed by atoms with van der Waals surface area (Å²) in [6.07, 6.45) is 1.66. The van der Waals surface area contributed by atoms with Gasteiger partial charge in [-0.25, -0.2) is 0 Å². The van der Waals surface area contributed by atoms with Gasteiger partial charge in [-0.15, -0.1) is 0 Å². The molecule has 0 aliphatic carbocycles. The predicted octanol–water partition coefficient (Wildman–Crippen LogP) is 1.56. The van der Waals surface area contributed by atoms with Crippen molar-refractivity contribution < 1.29 is 14.3 Å². The minimum absolute atomic E-state index is 0.118. The van der Waals surface area contributed by atoms with E-state index in [9.17, 15) is 4.79 Å². The van der Waals surface area contributed by atoms with Crippen LogP contribution < -0.4 is 20.5 Å². The summed E-state index contributed by atoms with van der Waals surface area (Å²) in [5, 5.41) is 2.84. The molecule has 0 fully saturated rings. The third kappa shape index (κ3) is 4.13. The fourth-order valence-corrected chi connectivity index (χ4v) is 1.74. The second-order valence-electron chi connectivity index (χ2n) is 4.25. The largest absolute Gasteiger partial charge is 0.493 e. The Kier molecular flexibility index (Phi) is 6.15. The second kappa shape index (κ2) is 7.63. The minimum Gasteiger partial charge on any atom is -0.493 e. The van der Waals surface area contributed by atoms with Gasteiger partial charge in [0, 0.05) is 12.6 Å². The zero-order valence-electron chi connectivity index (χ0n) is 11.7. The first-order valence-electron chi connectivity index (χ1n) is 6.38. The summed E-state index contributed by atoms with van der Waals surface area (Å²) >= 11 is 0. The van der Waals surface area contributed by atoms with Crippen LogP contribution in [0.15, 0.2) is 18.2 Å². The molecule has 19 heavy (non-hydrogen) atoms. The fourth-order valence-electron chi connectivity index (χ4n) is 1.74. The number of benzene rings is 1. The Bertz CT molecular complexity index is 421. The van der Waals surface area contributed by atoms with Crippen LogP contribution in [-0.4, -0.2) is 32.7 Å². The first-order chi connectivity index (χ1) is 9.13. The molecule has 106 valence electrons. The van der Waals surface area contributed by atoms with E-state index in [2.05, 4.69) is 5.32 Å². The van der Waals surface area contributed by atoms with Gasteiger partial charge >= 0.3 is 0 Å². The topological polar surface area (TPSA) is 73.6 Å². The van der Waals surface area contributed by atoms with E-state index in [0.717, 1.165) is 12.8 Å². The molecule has 0 aromatic heterocycles. The van der Waals surface area contributed by atoms with Crippen molar-refractivity contribution in [3.05, 3.63) is 23.8 Å². The second-order valence-corrected chi connectivity index (χ2v) is 4.25. The maximum absolute atomic E-state index is 12.1. The highest BCUT2D eigenvalue weighted by molar-refractivity contribution is 5.97. The first kappa shape index (κ1) is 15.3. The predicted molar refractivity (Wildman–Crippen MR) is 74.8 cm³/mol. The van der Waals surface area contributed by atoms with Gasteiger partial charge in [-0.2, -0.15) is 0 Å². The summed E-state index contributed by atoms with van der Waals surface area (Å²) < 4.78 is 10.4. The van der Waals surface area contributed by atoms with Crippen LogP contribution >= 0.6 is 0 Å². The first-order valence-corrected chi connectivity index (χ1v) is 6.38. The standard InChI is InChI=1S/C14H22N2O3/c1-4-10(15)8-9-16-14(17)11-6-5-7-12(18-2)13(11)19-3/h5-7,10H,4,8-9,15H2,1-3H3,(H,16,17). The molecule has 0 radical (unpaired) electrons. The molecule has 1 atom stereocenters. The zero-order valence-corrected chi connectivity index (χ0v) is 11.7. The molecule has 0 heterocycles.